The first-order valence-electron chi connectivity index (χ1n) is 5.99. The Morgan fingerprint density at radius 1 is 1.50 bits per heavy atom. The van der Waals surface area contributed by atoms with Crippen LogP contribution in [0, 0.1) is 17.8 Å². The Morgan fingerprint density at radius 2 is 2.21 bits per heavy atom. The number of hydrogen-bond donors (Lipinski definition) is 1. The zero-order chi connectivity index (χ0) is 10.6. The van der Waals surface area contributed by atoms with E-state index in [1.807, 2.05) is 6.08 Å². The van der Waals surface area contributed by atoms with E-state index in [1.54, 1.807) is 0 Å². The first kappa shape index (κ1) is 11.8. The smallest absolute Gasteiger partial charge is 0.0574 e. The molecule has 0 amide bonds. The lowest BCUT2D eigenvalue weighted by Crippen LogP contribution is -2.32. The lowest BCUT2D eigenvalue weighted by atomic mass is 9.72. The molecule has 1 fully saturated rings. The van der Waals surface area contributed by atoms with Gasteiger partial charge in [-0.1, -0.05) is 32.8 Å². The van der Waals surface area contributed by atoms with Gasteiger partial charge in [-0.15, -0.1) is 6.58 Å². The molecule has 0 aromatic carbocycles. The Bertz CT molecular complexity index is 176. The number of rotatable bonds is 4. The van der Waals surface area contributed by atoms with E-state index < -0.39 is 0 Å². The molecule has 0 aromatic rings. The van der Waals surface area contributed by atoms with Gasteiger partial charge in [0.15, 0.2) is 0 Å². The Morgan fingerprint density at radius 3 is 2.79 bits per heavy atom. The van der Waals surface area contributed by atoms with E-state index in [1.165, 1.54) is 25.7 Å². The average molecular weight is 196 g/mol. The molecule has 0 spiro atoms. The highest BCUT2D eigenvalue weighted by atomic mass is 16.3. The molecule has 0 heterocycles. The summed E-state index contributed by atoms with van der Waals surface area (Å²) in [4.78, 5) is 0. The Hall–Kier alpha value is -0.300. The van der Waals surface area contributed by atoms with E-state index in [-0.39, 0.29) is 6.10 Å². The van der Waals surface area contributed by atoms with Gasteiger partial charge in [0.25, 0.3) is 0 Å². The first-order chi connectivity index (χ1) is 6.69. The highest BCUT2D eigenvalue weighted by molar-refractivity contribution is 4.89. The van der Waals surface area contributed by atoms with Gasteiger partial charge in [0.2, 0.25) is 0 Å². The van der Waals surface area contributed by atoms with Crippen molar-refractivity contribution in [2.24, 2.45) is 17.8 Å². The van der Waals surface area contributed by atoms with Crippen molar-refractivity contribution in [3.8, 4) is 0 Å². The summed E-state index contributed by atoms with van der Waals surface area (Å²) in [5, 5.41) is 9.91. The standard InChI is InChI=1S/C13H24O/c1-4-6-11-7-8-13(14)12(9-11)10(3)5-2/h5,10-14H,2,4,6-9H2,1,3H3. The maximum absolute atomic E-state index is 9.91. The molecule has 1 aliphatic carbocycles. The fourth-order valence-electron chi connectivity index (χ4n) is 2.69. The van der Waals surface area contributed by atoms with Crippen molar-refractivity contribution >= 4 is 0 Å². The molecule has 1 saturated carbocycles. The summed E-state index contributed by atoms with van der Waals surface area (Å²) >= 11 is 0. The molecule has 1 heteroatoms. The molecule has 1 aliphatic rings. The van der Waals surface area contributed by atoms with E-state index in [9.17, 15) is 5.11 Å². The van der Waals surface area contributed by atoms with E-state index in [2.05, 4.69) is 20.4 Å². The molecule has 1 rings (SSSR count). The van der Waals surface area contributed by atoms with E-state index in [0.29, 0.717) is 11.8 Å². The third-order valence-corrected chi connectivity index (χ3v) is 3.71. The third-order valence-electron chi connectivity index (χ3n) is 3.71. The Kier molecular flexibility index (Phi) is 4.67. The van der Waals surface area contributed by atoms with E-state index in [0.717, 1.165) is 12.3 Å². The topological polar surface area (TPSA) is 20.2 Å². The van der Waals surface area contributed by atoms with Crippen LogP contribution in [-0.4, -0.2) is 11.2 Å². The SMILES string of the molecule is C=CC(C)C1CC(CCC)CCC1O. The Labute approximate surface area is 88.2 Å². The maximum Gasteiger partial charge on any atom is 0.0574 e. The van der Waals surface area contributed by atoms with Crippen LogP contribution in [0.15, 0.2) is 12.7 Å². The largest absolute Gasteiger partial charge is 0.393 e. The lowest BCUT2D eigenvalue weighted by Gasteiger charge is -2.35. The molecule has 0 saturated heterocycles. The molecule has 82 valence electrons. The van der Waals surface area contributed by atoms with Gasteiger partial charge in [-0.3, -0.25) is 0 Å². The van der Waals surface area contributed by atoms with Crippen LogP contribution in [0.25, 0.3) is 0 Å². The highest BCUT2D eigenvalue weighted by Gasteiger charge is 2.31. The predicted octanol–water partition coefficient (Wildman–Crippen LogP) is 3.39. The van der Waals surface area contributed by atoms with Gasteiger partial charge < -0.3 is 5.11 Å². The van der Waals surface area contributed by atoms with Crippen LogP contribution < -0.4 is 0 Å². The van der Waals surface area contributed by atoms with Crippen LogP contribution in [0.2, 0.25) is 0 Å². The summed E-state index contributed by atoms with van der Waals surface area (Å²) in [6, 6.07) is 0. The van der Waals surface area contributed by atoms with Crippen molar-refractivity contribution in [3.05, 3.63) is 12.7 Å². The molecule has 1 nitrogen and oxygen atoms in total. The quantitative estimate of drug-likeness (QED) is 0.683. The van der Waals surface area contributed by atoms with Crippen LogP contribution in [0.1, 0.15) is 46.0 Å². The van der Waals surface area contributed by atoms with E-state index in [4.69, 9.17) is 0 Å². The van der Waals surface area contributed by atoms with Gasteiger partial charge in [-0.2, -0.15) is 0 Å². The fraction of sp³-hybridized carbons (Fsp3) is 0.846. The lowest BCUT2D eigenvalue weighted by molar-refractivity contribution is 0.0289. The van der Waals surface area contributed by atoms with Gasteiger partial charge in [0, 0.05) is 0 Å². The highest BCUT2D eigenvalue weighted by Crippen LogP contribution is 2.36. The molecule has 0 bridgehead atoms. The summed E-state index contributed by atoms with van der Waals surface area (Å²) in [6.07, 6.45) is 7.91. The molecule has 4 unspecified atom stereocenters. The second kappa shape index (κ2) is 5.55. The van der Waals surface area contributed by atoms with Crippen molar-refractivity contribution in [2.75, 3.05) is 0 Å². The zero-order valence-electron chi connectivity index (χ0n) is 9.58. The summed E-state index contributed by atoms with van der Waals surface area (Å²) < 4.78 is 0. The van der Waals surface area contributed by atoms with Gasteiger partial charge in [0.05, 0.1) is 6.10 Å². The molecule has 0 aromatic heterocycles. The molecular weight excluding hydrogens is 172 g/mol. The van der Waals surface area contributed by atoms with Gasteiger partial charge in [-0.25, -0.2) is 0 Å². The van der Waals surface area contributed by atoms with Crippen molar-refractivity contribution in [3.63, 3.8) is 0 Å². The molecule has 0 radical (unpaired) electrons. The van der Waals surface area contributed by atoms with Crippen molar-refractivity contribution in [1.29, 1.82) is 0 Å². The van der Waals surface area contributed by atoms with Crippen molar-refractivity contribution < 1.29 is 5.11 Å². The van der Waals surface area contributed by atoms with Crippen LogP contribution in [-0.2, 0) is 0 Å². The Balaban J connectivity index is 2.50. The van der Waals surface area contributed by atoms with Crippen molar-refractivity contribution in [2.45, 2.75) is 52.1 Å². The monoisotopic (exact) mass is 196 g/mol. The second-order valence-electron chi connectivity index (χ2n) is 4.79. The number of aliphatic hydroxyl groups excluding tert-OH is 1. The molecular formula is C13H24O. The number of aliphatic hydroxyl groups is 1. The zero-order valence-corrected chi connectivity index (χ0v) is 9.58. The van der Waals surface area contributed by atoms with Crippen molar-refractivity contribution in [1.82, 2.24) is 0 Å². The summed E-state index contributed by atoms with van der Waals surface area (Å²) in [6.45, 7) is 8.25. The van der Waals surface area contributed by atoms with Gasteiger partial charge >= 0.3 is 0 Å². The maximum atomic E-state index is 9.91. The number of allylic oxidation sites excluding steroid dienone is 1. The molecule has 4 atom stereocenters. The summed E-state index contributed by atoms with van der Waals surface area (Å²) in [5.41, 5.74) is 0. The minimum Gasteiger partial charge on any atom is -0.393 e. The van der Waals surface area contributed by atoms with E-state index >= 15 is 0 Å². The first-order valence-corrected chi connectivity index (χ1v) is 5.99. The minimum atomic E-state index is -0.0869. The third kappa shape index (κ3) is 2.84. The minimum absolute atomic E-state index is 0.0869. The average Bonchev–Trinajstić information content (AvgIpc) is 2.20. The second-order valence-corrected chi connectivity index (χ2v) is 4.79. The van der Waals surface area contributed by atoms with Crippen LogP contribution in [0.5, 0.6) is 0 Å². The van der Waals surface area contributed by atoms with Gasteiger partial charge in [0.1, 0.15) is 0 Å². The molecule has 0 aliphatic heterocycles. The molecule has 1 N–H and O–H groups in total. The van der Waals surface area contributed by atoms with Crippen LogP contribution in [0.3, 0.4) is 0 Å². The van der Waals surface area contributed by atoms with Gasteiger partial charge in [-0.05, 0) is 37.0 Å². The number of hydrogen-bond acceptors (Lipinski definition) is 1. The van der Waals surface area contributed by atoms with Crippen LogP contribution in [0.4, 0.5) is 0 Å². The summed E-state index contributed by atoms with van der Waals surface area (Å²) in [5.74, 6) is 1.76. The molecule has 14 heavy (non-hydrogen) atoms. The predicted molar refractivity (Wildman–Crippen MR) is 61.1 cm³/mol. The normalized spacial score (nSPS) is 35.2. The summed E-state index contributed by atoms with van der Waals surface area (Å²) in [7, 11) is 0. The van der Waals surface area contributed by atoms with Crippen LogP contribution >= 0.6 is 0 Å². The fourth-order valence-corrected chi connectivity index (χ4v) is 2.69.